The Morgan fingerprint density at radius 1 is 0.892 bits per heavy atom. The fourth-order valence-electron chi connectivity index (χ4n) is 5.18. The fraction of sp³-hybridized carbons (Fsp3) is 0.103. The van der Waals surface area contributed by atoms with Crippen LogP contribution >= 0.6 is 0 Å². The number of nitrogens with zero attached hydrogens (tertiary/aromatic N) is 1. The molecule has 1 aliphatic carbocycles. The molecule has 8 nitrogen and oxygen atoms in total. The standard InChI is InChI=1S/C29H22N4O4/c1-16(34)30-19-13-11-18(12-14-19)22-23-25(20-9-5-6-10-21(20)26(23)35)31-27-24(22)28(36)32-29(37)33(27)15-17-7-3-2-4-8-17/h2-14,22,31H,15H2,1H3,(H,30,34)(H,32,36,37)/t22-/m1/s1. The predicted molar refractivity (Wildman–Crippen MR) is 141 cm³/mol. The maximum atomic E-state index is 13.7. The quantitative estimate of drug-likeness (QED) is 0.404. The number of ketones is 1. The second-order valence-corrected chi connectivity index (χ2v) is 9.12. The number of fused-ring (bicyclic) bond motifs is 3. The van der Waals surface area contributed by atoms with Crippen molar-refractivity contribution in [3.63, 3.8) is 0 Å². The summed E-state index contributed by atoms with van der Waals surface area (Å²) in [5.74, 6) is -0.728. The number of hydrogen-bond donors (Lipinski definition) is 3. The number of aromatic amines is 1. The number of amides is 1. The van der Waals surface area contributed by atoms with E-state index in [-0.39, 0.29) is 18.2 Å². The normalized spacial score (nSPS) is 15.5. The first-order valence-corrected chi connectivity index (χ1v) is 11.9. The van der Waals surface area contributed by atoms with Crippen molar-refractivity contribution in [3.8, 4) is 0 Å². The summed E-state index contributed by atoms with van der Waals surface area (Å²) < 4.78 is 1.50. The Morgan fingerprint density at radius 3 is 2.27 bits per heavy atom. The van der Waals surface area contributed by atoms with Gasteiger partial charge in [-0.3, -0.25) is 23.9 Å². The summed E-state index contributed by atoms with van der Waals surface area (Å²) in [6.07, 6.45) is 0. The molecule has 182 valence electrons. The molecule has 2 aliphatic rings. The molecule has 4 aromatic rings. The Kier molecular flexibility index (Phi) is 5.22. The highest BCUT2D eigenvalue weighted by Gasteiger charge is 2.42. The van der Waals surface area contributed by atoms with Crippen molar-refractivity contribution in [1.82, 2.24) is 9.55 Å². The van der Waals surface area contributed by atoms with E-state index in [0.717, 1.165) is 11.1 Å². The third-order valence-corrected chi connectivity index (χ3v) is 6.76. The highest BCUT2D eigenvalue weighted by atomic mass is 16.2. The Balaban J connectivity index is 1.59. The minimum atomic E-state index is -0.719. The lowest BCUT2D eigenvalue weighted by molar-refractivity contribution is -0.114. The summed E-state index contributed by atoms with van der Waals surface area (Å²) in [7, 11) is 0. The van der Waals surface area contributed by atoms with Crippen molar-refractivity contribution in [3.05, 3.63) is 133 Å². The lowest BCUT2D eigenvalue weighted by atomic mass is 9.81. The number of anilines is 2. The molecular weight excluding hydrogens is 468 g/mol. The van der Waals surface area contributed by atoms with Crippen molar-refractivity contribution in [2.45, 2.75) is 19.4 Å². The SMILES string of the molecule is CC(=O)Nc1ccc([C@@H]2C3=C(Nc4c2c(=O)[nH]c(=O)n4Cc2ccccc2)c2ccccc2C3=O)cc1. The minimum Gasteiger partial charge on any atom is -0.340 e. The van der Waals surface area contributed by atoms with Crippen LogP contribution in [0.1, 0.15) is 45.5 Å². The monoisotopic (exact) mass is 490 g/mol. The smallest absolute Gasteiger partial charge is 0.330 e. The van der Waals surface area contributed by atoms with Crippen LogP contribution in [-0.4, -0.2) is 21.2 Å². The van der Waals surface area contributed by atoms with Crippen LogP contribution in [0.4, 0.5) is 11.5 Å². The molecule has 1 aromatic heterocycles. The Morgan fingerprint density at radius 2 is 1.57 bits per heavy atom. The van der Waals surface area contributed by atoms with Gasteiger partial charge in [-0.15, -0.1) is 0 Å². The summed E-state index contributed by atoms with van der Waals surface area (Å²) in [6, 6.07) is 23.8. The van der Waals surface area contributed by atoms with Gasteiger partial charge in [-0.25, -0.2) is 4.79 Å². The Hall–Kier alpha value is -4.98. The van der Waals surface area contributed by atoms with E-state index in [9.17, 15) is 19.2 Å². The third-order valence-electron chi connectivity index (χ3n) is 6.76. The summed E-state index contributed by atoms with van der Waals surface area (Å²) in [6.45, 7) is 1.66. The molecule has 3 aromatic carbocycles. The maximum Gasteiger partial charge on any atom is 0.330 e. The first-order chi connectivity index (χ1) is 17.9. The van der Waals surface area contributed by atoms with E-state index in [2.05, 4.69) is 15.6 Å². The minimum absolute atomic E-state index is 0.167. The van der Waals surface area contributed by atoms with Gasteiger partial charge in [0.05, 0.1) is 17.8 Å². The first kappa shape index (κ1) is 22.5. The van der Waals surface area contributed by atoms with Crippen LogP contribution in [0.3, 0.4) is 0 Å². The number of allylic oxidation sites excluding steroid dienone is 1. The molecule has 0 bridgehead atoms. The maximum absolute atomic E-state index is 13.7. The number of H-pyrrole nitrogens is 1. The molecule has 0 saturated carbocycles. The number of carbonyl (C=O) groups excluding carboxylic acids is 2. The zero-order chi connectivity index (χ0) is 25.7. The molecular formula is C29H22N4O4. The molecule has 0 unspecified atom stereocenters. The van der Waals surface area contributed by atoms with Gasteiger partial charge in [-0.2, -0.15) is 0 Å². The van der Waals surface area contributed by atoms with Gasteiger partial charge in [-0.05, 0) is 23.3 Å². The molecule has 0 fully saturated rings. The number of benzene rings is 3. The molecule has 1 amide bonds. The van der Waals surface area contributed by atoms with Gasteiger partial charge in [0.1, 0.15) is 5.82 Å². The van der Waals surface area contributed by atoms with E-state index in [1.54, 1.807) is 36.4 Å². The largest absolute Gasteiger partial charge is 0.340 e. The average molecular weight is 491 g/mol. The summed E-state index contributed by atoms with van der Waals surface area (Å²) >= 11 is 0. The van der Waals surface area contributed by atoms with Crippen LogP contribution in [0.2, 0.25) is 0 Å². The average Bonchev–Trinajstić information content (AvgIpc) is 3.18. The zero-order valence-corrected chi connectivity index (χ0v) is 19.9. The molecule has 3 N–H and O–H groups in total. The Bertz CT molecular complexity index is 1730. The molecule has 6 rings (SSSR count). The van der Waals surface area contributed by atoms with Gasteiger partial charge < -0.3 is 10.6 Å². The van der Waals surface area contributed by atoms with Crippen molar-refractivity contribution < 1.29 is 9.59 Å². The van der Waals surface area contributed by atoms with E-state index >= 15 is 0 Å². The van der Waals surface area contributed by atoms with Gasteiger partial charge >= 0.3 is 5.69 Å². The summed E-state index contributed by atoms with van der Waals surface area (Å²) in [5, 5.41) is 6.03. The van der Waals surface area contributed by atoms with E-state index in [0.29, 0.717) is 39.5 Å². The Labute approximate surface area is 211 Å². The van der Waals surface area contributed by atoms with Crippen molar-refractivity contribution in [2.75, 3.05) is 10.6 Å². The molecule has 0 radical (unpaired) electrons. The molecule has 2 heterocycles. The number of aromatic nitrogens is 2. The van der Waals surface area contributed by atoms with E-state index in [1.807, 2.05) is 42.5 Å². The van der Waals surface area contributed by atoms with E-state index in [4.69, 9.17) is 0 Å². The van der Waals surface area contributed by atoms with E-state index < -0.39 is 17.2 Å². The topological polar surface area (TPSA) is 113 Å². The second-order valence-electron chi connectivity index (χ2n) is 9.12. The number of nitrogens with one attached hydrogen (secondary N) is 3. The third kappa shape index (κ3) is 3.70. The lowest BCUT2D eigenvalue weighted by Gasteiger charge is -2.30. The van der Waals surface area contributed by atoms with Gasteiger partial charge in [0.2, 0.25) is 5.91 Å². The second kappa shape index (κ2) is 8.60. The predicted octanol–water partition coefficient (Wildman–Crippen LogP) is 3.71. The van der Waals surface area contributed by atoms with Crippen LogP contribution in [0.5, 0.6) is 0 Å². The van der Waals surface area contributed by atoms with Gasteiger partial charge in [0, 0.05) is 35.2 Å². The molecule has 0 spiro atoms. The number of rotatable bonds is 4. The molecule has 37 heavy (non-hydrogen) atoms. The highest BCUT2D eigenvalue weighted by molar-refractivity contribution is 6.23. The van der Waals surface area contributed by atoms with Crippen molar-refractivity contribution in [2.24, 2.45) is 0 Å². The van der Waals surface area contributed by atoms with Crippen molar-refractivity contribution >= 4 is 28.9 Å². The van der Waals surface area contributed by atoms with Gasteiger partial charge in [0.25, 0.3) is 5.56 Å². The van der Waals surface area contributed by atoms with Crippen LogP contribution in [0.25, 0.3) is 5.70 Å². The highest BCUT2D eigenvalue weighted by Crippen LogP contribution is 2.48. The van der Waals surface area contributed by atoms with Crippen LogP contribution in [-0.2, 0) is 11.3 Å². The van der Waals surface area contributed by atoms with Crippen LogP contribution in [0, 0.1) is 0 Å². The zero-order valence-electron chi connectivity index (χ0n) is 19.9. The van der Waals surface area contributed by atoms with Crippen molar-refractivity contribution in [1.29, 1.82) is 0 Å². The lowest BCUT2D eigenvalue weighted by Crippen LogP contribution is -2.38. The van der Waals surface area contributed by atoms with Crippen LogP contribution < -0.4 is 21.9 Å². The fourth-order valence-corrected chi connectivity index (χ4v) is 5.18. The number of Topliss-reactive ketones (excluding diaryl/α,β-unsaturated/α-hetero) is 1. The summed E-state index contributed by atoms with van der Waals surface area (Å²) in [4.78, 5) is 54.0. The molecule has 1 atom stereocenters. The number of carbonyl (C=O) groups is 2. The van der Waals surface area contributed by atoms with Gasteiger partial charge in [0.15, 0.2) is 5.78 Å². The molecule has 8 heteroatoms. The molecule has 1 aliphatic heterocycles. The number of hydrogen-bond acceptors (Lipinski definition) is 5. The first-order valence-electron chi connectivity index (χ1n) is 11.9. The van der Waals surface area contributed by atoms with Crippen LogP contribution in [0.15, 0.2) is 94.0 Å². The van der Waals surface area contributed by atoms with Gasteiger partial charge in [-0.1, -0.05) is 66.7 Å². The van der Waals surface area contributed by atoms with E-state index in [1.165, 1.54) is 11.5 Å². The molecule has 0 saturated heterocycles. The summed E-state index contributed by atoms with van der Waals surface area (Å²) in [5.41, 5.74) is 3.71.